The Bertz CT molecular complexity index is 564. The van der Waals surface area contributed by atoms with Gasteiger partial charge in [0.1, 0.15) is 0 Å². The molecule has 1 N–H and O–H groups in total. The van der Waals surface area contributed by atoms with Crippen molar-refractivity contribution in [1.29, 1.82) is 0 Å². The maximum absolute atomic E-state index is 5.49. The summed E-state index contributed by atoms with van der Waals surface area (Å²) >= 11 is 0. The molecular formula is C17H22N2O. The molecule has 1 atom stereocenters. The lowest BCUT2D eigenvalue weighted by atomic mass is 9.86. The Morgan fingerprint density at radius 1 is 1.30 bits per heavy atom. The first-order valence-electron chi connectivity index (χ1n) is 7.54. The zero-order valence-electron chi connectivity index (χ0n) is 12.0. The van der Waals surface area contributed by atoms with Crippen LogP contribution >= 0.6 is 0 Å². The molecule has 3 nitrogen and oxygen atoms in total. The Morgan fingerprint density at radius 2 is 2.15 bits per heavy atom. The van der Waals surface area contributed by atoms with Crippen LogP contribution in [0, 0.1) is 5.92 Å². The highest BCUT2D eigenvalue weighted by molar-refractivity contribution is 5.79. The summed E-state index contributed by atoms with van der Waals surface area (Å²) in [5, 5.41) is 4.86. The lowest BCUT2D eigenvalue weighted by Gasteiger charge is -2.31. The summed E-state index contributed by atoms with van der Waals surface area (Å²) in [6.07, 6.45) is 4.14. The van der Waals surface area contributed by atoms with E-state index in [0.717, 1.165) is 38.1 Å². The van der Waals surface area contributed by atoms with Crippen LogP contribution in [0.4, 0.5) is 0 Å². The Morgan fingerprint density at radius 3 is 2.95 bits per heavy atom. The normalized spacial score (nSPS) is 18.2. The van der Waals surface area contributed by atoms with E-state index in [1.165, 1.54) is 10.9 Å². The topological polar surface area (TPSA) is 34.2 Å². The van der Waals surface area contributed by atoms with Crippen molar-refractivity contribution >= 4 is 10.9 Å². The quantitative estimate of drug-likeness (QED) is 0.925. The molecule has 2 heterocycles. The second-order valence-electron chi connectivity index (χ2n) is 5.44. The zero-order valence-corrected chi connectivity index (χ0v) is 12.0. The third-order valence-electron chi connectivity index (χ3n) is 4.15. The number of rotatable bonds is 4. The predicted molar refractivity (Wildman–Crippen MR) is 81.7 cm³/mol. The van der Waals surface area contributed by atoms with E-state index in [4.69, 9.17) is 4.74 Å². The van der Waals surface area contributed by atoms with Crippen LogP contribution in [0.5, 0.6) is 0 Å². The molecule has 1 aromatic carbocycles. The van der Waals surface area contributed by atoms with E-state index in [9.17, 15) is 0 Å². The van der Waals surface area contributed by atoms with Gasteiger partial charge in [-0.15, -0.1) is 0 Å². The van der Waals surface area contributed by atoms with Crippen LogP contribution in [0.1, 0.15) is 31.4 Å². The molecule has 0 radical (unpaired) electrons. The number of pyridine rings is 1. The van der Waals surface area contributed by atoms with E-state index in [1.807, 2.05) is 12.3 Å². The second kappa shape index (κ2) is 6.33. The Kier molecular flexibility index (Phi) is 4.28. The summed E-state index contributed by atoms with van der Waals surface area (Å²) < 4.78 is 5.49. The first-order chi connectivity index (χ1) is 9.88. The number of aromatic nitrogens is 1. The molecule has 0 spiro atoms. The fraction of sp³-hybridized carbons (Fsp3) is 0.471. The molecule has 3 heteroatoms. The molecule has 0 amide bonds. The molecule has 1 unspecified atom stereocenters. The molecule has 0 aliphatic carbocycles. The van der Waals surface area contributed by atoms with Crippen molar-refractivity contribution in [3.05, 3.63) is 42.1 Å². The average Bonchev–Trinajstić information content (AvgIpc) is 2.53. The number of hydrogen-bond donors (Lipinski definition) is 1. The third-order valence-corrected chi connectivity index (χ3v) is 4.15. The summed E-state index contributed by atoms with van der Waals surface area (Å²) in [5.41, 5.74) is 2.44. The number of ether oxygens (including phenoxy) is 1. The lowest BCUT2D eigenvalue weighted by Crippen LogP contribution is -2.32. The van der Waals surface area contributed by atoms with Crippen molar-refractivity contribution in [3.8, 4) is 0 Å². The maximum Gasteiger partial charge on any atom is 0.0705 e. The molecule has 2 aromatic rings. The highest BCUT2D eigenvalue weighted by atomic mass is 16.5. The van der Waals surface area contributed by atoms with Gasteiger partial charge in [-0.3, -0.25) is 4.98 Å². The minimum atomic E-state index is 0.412. The molecule has 20 heavy (non-hydrogen) atoms. The van der Waals surface area contributed by atoms with Crippen LogP contribution in [-0.2, 0) is 4.74 Å². The largest absolute Gasteiger partial charge is 0.381 e. The monoisotopic (exact) mass is 270 g/mol. The summed E-state index contributed by atoms with van der Waals surface area (Å²) in [6.45, 7) is 4.94. The van der Waals surface area contributed by atoms with Crippen LogP contribution in [0.3, 0.4) is 0 Å². The summed E-state index contributed by atoms with van der Waals surface area (Å²) in [5.74, 6) is 0.657. The van der Waals surface area contributed by atoms with Gasteiger partial charge < -0.3 is 10.1 Å². The first kappa shape index (κ1) is 13.5. The van der Waals surface area contributed by atoms with Crippen molar-refractivity contribution in [3.63, 3.8) is 0 Å². The van der Waals surface area contributed by atoms with E-state index < -0.39 is 0 Å². The highest BCUT2D eigenvalue weighted by Gasteiger charge is 2.24. The van der Waals surface area contributed by atoms with Gasteiger partial charge in [-0.2, -0.15) is 0 Å². The van der Waals surface area contributed by atoms with Gasteiger partial charge in [0.15, 0.2) is 0 Å². The number of nitrogens with one attached hydrogen (secondary N) is 1. The Labute approximate surface area is 120 Å². The summed E-state index contributed by atoms with van der Waals surface area (Å²) in [7, 11) is 0. The van der Waals surface area contributed by atoms with Gasteiger partial charge >= 0.3 is 0 Å². The molecule has 0 saturated carbocycles. The molecule has 3 rings (SSSR count). The molecule has 1 aliphatic rings. The first-order valence-corrected chi connectivity index (χ1v) is 7.54. The van der Waals surface area contributed by atoms with Crippen LogP contribution in [0.25, 0.3) is 10.9 Å². The van der Waals surface area contributed by atoms with Crippen LogP contribution in [0.2, 0.25) is 0 Å². The standard InChI is InChI=1S/C17H22N2O/c1-2-18-17(14-7-10-20-11-8-14)15-6-5-13-4-3-9-19-16(13)12-15/h3-6,9,12,14,17-18H,2,7-8,10-11H2,1H3. The molecule has 1 aliphatic heterocycles. The number of hydrogen-bond acceptors (Lipinski definition) is 3. The number of nitrogens with zero attached hydrogens (tertiary/aromatic N) is 1. The van der Waals surface area contributed by atoms with Gasteiger partial charge in [0.05, 0.1) is 5.52 Å². The molecule has 106 valence electrons. The average molecular weight is 270 g/mol. The highest BCUT2D eigenvalue weighted by Crippen LogP contribution is 2.31. The van der Waals surface area contributed by atoms with E-state index in [-0.39, 0.29) is 0 Å². The van der Waals surface area contributed by atoms with E-state index in [1.54, 1.807) is 0 Å². The molecule has 0 bridgehead atoms. The predicted octanol–water partition coefficient (Wildman–Crippen LogP) is 3.31. The maximum atomic E-state index is 5.49. The van der Waals surface area contributed by atoms with Crippen LogP contribution in [-0.4, -0.2) is 24.7 Å². The molecule has 1 saturated heterocycles. The molecular weight excluding hydrogens is 248 g/mol. The van der Waals surface area contributed by atoms with E-state index >= 15 is 0 Å². The Hall–Kier alpha value is -1.45. The fourth-order valence-corrected chi connectivity index (χ4v) is 3.10. The van der Waals surface area contributed by atoms with Gasteiger partial charge in [-0.25, -0.2) is 0 Å². The minimum absolute atomic E-state index is 0.412. The third kappa shape index (κ3) is 2.84. The van der Waals surface area contributed by atoms with E-state index in [0.29, 0.717) is 12.0 Å². The van der Waals surface area contributed by atoms with Gasteiger partial charge in [-0.1, -0.05) is 25.1 Å². The van der Waals surface area contributed by atoms with Crippen LogP contribution in [0.15, 0.2) is 36.5 Å². The molecule has 1 fully saturated rings. The van der Waals surface area contributed by atoms with Crippen molar-refractivity contribution in [2.45, 2.75) is 25.8 Å². The minimum Gasteiger partial charge on any atom is -0.381 e. The smallest absolute Gasteiger partial charge is 0.0705 e. The zero-order chi connectivity index (χ0) is 13.8. The number of benzene rings is 1. The van der Waals surface area contributed by atoms with Crippen molar-refractivity contribution in [2.24, 2.45) is 5.92 Å². The van der Waals surface area contributed by atoms with Gasteiger partial charge in [0.25, 0.3) is 0 Å². The Balaban J connectivity index is 1.91. The number of fused-ring (bicyclic) bond motifs is 1. The summed E-state index contributed by atoms with van der Waals surface area (Å²) in [6, 6.07) is 11.2. The fourth-order valence-electron chi connectivity index (χ4n) is 3.10. The lowest BCUT2D eigenvalue weighted by molar-refractivity contribution is 0.0538. The molecule has 1 aromatic heterocycles. The second-order valence-corrected chi connectivity index (χ2v) is 5.44. The SMILES string of the molecule is CCNC(c1ccc2cccnc2c1)C1CCOCC1. The van der Waals surface area contributed by atoms with E-state index in [2.05, 4.69) is 41.5 Å². The van der Waals surface area contributed by atoms with Gasteiger partial charge in [0, 0.05) is 30.8 Å². The van der Waals surface area contributed by atoms with Crippen molar-refractivity contribution in [2.75, 3.05) is 19.8 Å². The van der Waals surface area contributed by atoms with Crippen LogP contribution < -0.4 is 5.32 Å². The van der Waals surface area contributed by atoms with Crippen molar-refractivity contribution in [1.82, 2.24) is 10.3 Å². The summed E-state index contributed by atoms with van der Waals surface area (Å²) in [4.78, 5) is 4.48. The van der Waals surface area contributed by atoms with Gasteiger partial charge in [-0.05, 0) is 43.0 Å². The van der Waals surface area contributed by atoms with Gasteiger partial charge in [0.2, 0.25) is 0 Å². The van der Waals surface area contributed by atoms with Crippen molar-refractivity contribution < 1.29 is 4.74 Å².